The number of nitrogens with zero attached hydrogens (tertiary/aromatic N) is 3. The largest absolute Gasteiger partial charge is 0.508 e. The molecule has 0 spiro atoms. The molecule has 0 saturated carbocycles. The minimum Gasteiger partial charge on any atom is -0.508 e. The van der Waals surface area contributed by atoms with Crippen LogP contribution in [-0.4, -0.2) is 26.3 Å². The molecule has 0 unspecified atom stereocenters. The standard InChI is InChI=1S/C19H20N4O2/c1-3-15(13-8-10-14(24)11-9-13)21-22-19(25)12-18-20-16-6-4-5-7-17(16)23(18)2/h4-11,24H,3,12H2,1-2H3,(H,22,25)/b21-15+. The van der Waals surface area contributed by atoms with Gasteiger partial charge in [-0.1, -0.05) is 19.1 Å². The minimum atomic E-state index is -0.219. The number of amides is 1. The van der Waals surface area contributed by atoms with Crippen molar-refractivity contribution in [2.24, 2.45) is 12.1 Å². The van der Waals surface area contributed by atoms with Gasteiger partial charge in [0.05, 0.1) is 23.2 Å². The number of hydrazone groups is 1. The van der Waals surface area contributed by atoms with Crippen molar-refractivity contribution < 1.29 is 9.90 Å². The highest BCUT2D eigenvalue weighted by molar-refractivity contribution is 6.01. The zero-order valence-corrected chi connectivity index (χ0v) is 14.2. The third kappa shape index (κ3) is 3.68. The highest BCUT2D eigenvalue weighted by Crippen LogP contribution is 2.15. The molecule has 0 saturated heterocycles. The molecule has 3 aromatic rings. The fourth-order valence-electron chi connectivity index (χ4n) is 2.67. The third-order valence-corrected chi connectivity index (χ3v) is 4.05. The summed E-state index contributed by atoms with van der Waals surface area (Å²) >= 11 is 0. The number of nitrogens with one attached hydrogen (secondary N) is 1. The van der Waals surface area contributed by atoms with E-state index in [1.807, 2.05) is 42.8 Å². The van der Waals surface area contributed by atoms with Gasteiger partial charge in [0.25, 0.3) is 0 Å². The van der Waals surface area contributed by atoms with Crippen molar-refractivity contribution in [3.05, 3.63) is 59.9 Å². The molecule has 0 atom stereocenters. The molecular formula is C19H20N4O2. The molecule has 3 rings (SSSR count). The van der Waals surface area contributed by atoms with Gasteiger partial charge in [-0.15, -0.1) is 0 Å². The second kappa shape index (κ2) is 7.17. The van der Waals surface area contributed by atoms with E-state index in [1.54, 1.807) is 24.3 Å². The highest BCUT2D eigenvalue weighted by Gasteiger charge is 2.11. The molecule has 0 bridgehead atoms. The zero-order valence-electron chi connectivity index (χ0n) is 14.2. The van der Waals surface area contributed by atoms with Crippen LogP contribution >= 0.6 is 0 Å². The molecule has 0 aliphatic carbocycles. The first-order chi connectivity index (χ1) is 12.1. The average Bonchev–Trinajstić information content (AvgIpc) is 2.93. The Morgan fingerprint density at radius 1 is 1.20 bits per heavy atom. The van der Waals surface area contributed by atoms with Crippen LogP contribution in [0.1, 0.15) is 24.7 Å². The summed E-state index contributed by atoms with van der Waals surface area (Å²) in [5.74, 6) is 0.671. The Labute approximate surface area is 145 Å². The lowest BCUT2D eigenvalue weighted by molar-refractivity contribution is -0.120. The lowest BCUT2D eigenvalue weighted by Crippen LogP contribution is -2.23. The number of para-hydroxylation sites is 2. The van der Waals surface area contributed by atoms with E-state index in [-0.39, 0.29) is 18.1 Å². The van der Waals surface area contributed by atoms with E-state index in [0.717, 1.165) is 22.3 Å². The van der Waals surface area contributed by atoms with Gasteiger partial charge in [0.1, 0.15) is 11.6 Å². The number of rotatable bonds is 5. The number of hydrogen-bond donors (Lipinski definition) is 2. The van der Waals surface area contributed by atoms with E-state index in [0.29, 0.717) is 12.2 Å². The Bertz CT molecular complexity index is 926. The molecule has 6 heteroatoms. The Hall–Kier alpha value is -3.15. The number of carbonyl (C=O) groups is 1. The predicted molar refractivity (Wildman–Crippen MR) is 97.5 cm³/mol. The van der Waals surface area contributed by atoms with Gasteiger partial charge in [-0.05, 0) is 48.4 Å². The van der Waals surface area contributed by atoms with E-state index in [2.05, 4.69) is 15.5 Å². The van der Waals surface area contributed by atoms with Crippen molar-refractivity contribution in [2.75, 3.05) is 0 Å². The lowest BCUT2D eigenvalue weighted by atomic mass is 10.1. The first-order valence-corrected chi connectivity index (χ1v) is 8.13. The Morgan fingerprint density at radius 2 is 1.92 bits per heavy atom. The Balaban J connectivity index is 1.72. The van der Waals surface area contributed by atoms with Crippen LogP contribution in [0.3, 0.4) is 0 Å². The van der Waals surface area contributed by atoms with Gasteiger partial charge in [-0.2, -0.15) is 5.10 Å². The van der Waals surface area contributed by atoms with Crippen LogP contribution in [0, 0.1) is 0 Å². The molecule has 0 fully saturated rings. The molecule has 0 radical (unpaired) electrons. The van der Waals surface area contributed by atoms with Crippen molar-refractivity contribution in [3.8, 4) is 5.75 Å². The van der Waals surface area contributed by atoms with Gasteiger partial charge < -0.3 is 9.67 Å². The first-order valence-electron chi connectivity index (χ1n) is 8.13. The molecular weight excluding hydrogens is 316 g/mol. The fraction of sp³-hybridized carbons (Fsp3) is 0.211. The normalized spacial score (nSPS) is 11.7. The monoisotopic (exact) mass is 336 g/mol. The van der Waals surface area contributed by atoms with Crippen LogP contribution in [0.5, 0.6) is 5.75 Å². The molecule has 128 valence electrons. The minimum absolute atomic E-state index is 0.154. The summed E-state index contributed by atoms with van der Waals surface area (Å²) in [7, 11) is 1.90. The zero-order chi connectivity index (χ0) is 17.8. The number of aromatic hydroxyl groups is 1. The molecule has 1 heterocycles. The van der Waals surface area contributed by atoms with Crippen LogP contribution in [0.4, 0.5) is 0 Å². The summed E-state index contributed by atoms with van der Waals surface area (Å²) in [6.07, 6.45) is 0.818. The molecule has 0 aliphatic heterocycles. The van der Waals surface area contributed by atoms with Crippen molar-refractivity contribution >= 4 is 22.7 Å². The average molecular weight is 336 g/mol. The molecule has 6 nitrogen and oxygen atoms in total. The number of phenols is 1. The second-order valence-corrected chi connectivity index (χ2v) is 5.75. The predicted octanol–water partition coefficient (Wildman–Crippen LogP) is 2.75. The van der Waals surface area contributed by atoms with Crippen LogP contribution in [0.2, 0.25) is 0 Å². The van der Waals surface area contributed by atoms with Crippen LogP contribution < -0.4 is 5.43 Å². The van der Waals surface area contributed by atoms with Crippen molar-refractivity contribution in [1.82, 2.24) is 15.0 Å². The van der Waals surface area contributed by atoms with E-state index < -0.39 is 0 Å². The SMILES string of the molecule is CC/C(=N\NC(=O)Cc1nc2ccccc2n1C)c1ccc(O)cc1. The topological polar surface area (TPSA) is 79.5 Å². The maximum atomic E-state index is 12.2. The number of imidazole rings is 1. The van der Waals surface area contributed by atoms with Gasteiger partial charge in [-0.25, -0.2) is 10.4 Å². The molecule has 2 aromatic carbocycles. The summed E-state index contributed by atoms with van der Waals surface area (Å²) in [4.78, 5) is 16.7. The van der Waals surface area contributed by atoms with E-state index in [4.69, 9.17) is 0 Å². The van der Waals surface area contributed by atoms with Crippen LogP contribution in [0.25, 0.3) is 11.0 Å². The van der Waals surface area contributed by atoms with Crippen molar-refractivity contribution in [3.63, 3.8) is 0 Å². The maximum Gasteiger partial charge on any atom is 0.247 e. The summed E-state index contributed by atoms with van der Waals surface area (Å²) in [6.45, 7) is 1.96. The number of fused-ring (bicyclic) bond motifs is 1. The summed E-state index contributed by atoms with van der Waals surface area (Å²) in [5, 5.41) is 13.6. The lowest BCUT2D eigenvalue weighted by Gasteiger charge is -2.06. The smallest absolute Gasteiger partial charge is 0.247 e. The van der Waals surface area contributed by atoms with Crippen LogP contribution in [-0.2, 0) is 18.3 Å². The quantitative estimate of drug-likeness (QED) is 0.555. The Kier molecular flexibility index (Phi) is 4.79. The summed E-state index contributed by atoms with van der Waals surface area (Å²) < 4.78 is 1.92. The van der Waals surface area contributed by atoms with Crippen molar-refractivity contribution in [2.45, 2.75) is 19.8 Å². The van der Waals surface area contributed by atoms with Crippen LogP contribution in [0.15, 0.2) is 53.6 Å². The fourth-order valence-corrected chi connectivity index (χ4v) is 2.67. The number of benzene rings is 2. The number of carbonyl (C=O) groups excluding carboxylic acids is 1. The molecule has 2 N–H and O–H groups in total. The summed E-state index contributed by atoms with van der Waals surface area (Å²) in [5.41, 5.74) is 6.08. The Morgan fingerprint density at radius 3 is 2.60 bits per heavy atom. The van der Waals surface area contributed by atoms with Crippen molar-refractivity contribution in [1.29, 1.82) is 0 Å². The third-order valence-electron chi connectivity index (χ3n) is 4.05. The highest BCUT2D eigenvalue weighted by atomic mass is 16.3. The number of phenolic OH excluding ortho intramolecular Hbond substituents is 1. The molecule has 25 heavy (non-hydrogen) atoms. The second-order valence-electron chi connectivity index (χ2n) is 5.75. The maximum absolute atomic E-state index is 12.2. The molecule has 1 amide bonds. The van der Waals surface area contributed by atoms with E-state index in [1.165, 1.54) is 0 Å². The van der Waals surface area contributed by atoms with Gasteiger partial charge in [0.2, 0.25) is 5.91 Å². The van der Waals surface area contributed by atoms with Gasteiger partial charge in [-0.3, -0.25) is 4.79 Å². The molecule has 1 aromatic heterocycles. The molecule has 0 aliphatic rings. The van der Waals surface area contributed by atoms with E-state index in [9.17, 15) is 9.90 Å². The van der Waals surface area contributed by atoms with E-state index >= 15 is 0 Å². The number of aryl methyl sites for hydroxylation is 1. The number of aromatic nitrogens is 2. The first kappa shape index (κ1) is 16.7. The number of hydrogen-bond acceptors (Lipinski definition) is 4. The van der Waals surface area contributed by atoms with Gasteiger partial charge in [0.15, 0.2) is 0 Å². The van der Waals surface area contributed by atoms with Gasteiger partial charge >= 0.3 is 0 Å². The summed E-state index contributed by atoms with van der Waals surface area (Å²) in [6, 6.07) is 14.5. The van der Waals surface area contributed by atoms with Gasteiger partial charge in [0, 0.05) is 7.05 Å².